The molecule has 1 N–H and O–H groups in total. The summed E-state index contributed by atoms with van der Waals surface area (Å²) in [7, 11) is 0. The van der Waals surface area contributed by atoms with Gasteiger partial charge in [-0.2, -0.15) is 5.26 Å². The van der Waals surface area contributed by atoms with Crippen LogP contribution in [0, 0.1) is 18.3 Å². The molecule has 0 unspecified atom stereocenters. The van der Waals surface area contributed by atoms with Crippen LogP contribution >= 0.6 is 0 Å². The van der Waals surface area contributed by atoms with Crippen molar-refractivity contribution in [1.82, 2.24) is 10.2 Å². The van der Waals surface area contributed by atoms with Gasteiger partial charge < -0.3 is 10.1 Å². The van der Waals surface area contributed by atoms with Crippen molar-refractivity contribution in [2.24, 2.45) is 0 Å². The van der Waals surface area contributed by atoms with Crippen LogP contribution in [0.3, 0.4) is 0 Å². The lowest BCUT2D eigenvalue weighted by atomic mass is 10.0. The standard InChI is InChI=1S/C24H31N3O/c1-20-7-2-3-9-22(20)19-27-14-11-23(12-15-27)26-18-21-8-6-10-24(17-21)28-16-5-4-13-25/h2-3,6-10,17,23,26H,4-5,11-12,14-16,18-19H2,1H3. The van der Waals surface area contributed by atoms with Gasteiger partial charge in [-0.1, -0.05) is 36.4 Å². The summed E-state index contributed by atoms with van der Waals surface area (Å²) in [6, 6.07) is 19.7. The Labute approximate surface area is 169 Å². The monoisotopic (exact) mass is 377 g/mol. The highest BCUT2D eigenvalue weighted by atomic mass is 16.5. The van der Waals surface area contributed by atoms with Gasteiger partial charge in [0, 0.05) is 25.6 Å². The van der Waals surface area contributed by atoms with E-state index < -0.39 is 0 Å². The van der Waals surface area contributed by atoms with E-state index in [0.29, 0.717) is 19.1 Å². The van der Waals surface area contributed by atoms with Crippen LogP contribution in [0.5, 0.6) is 5.75 Å². The molecule has 1 saturated heterocycles. The van der Waals surface area contributed by atoms with E-state index in [9.17, 15) is 0 Å². The van der Waals surface area contributed by atoms with Crippen molar-refractivity contribution in [3.8, 4) is 11.8 Å². The molecule has 2 aromatic rings. The lowest BCUT2D eigenvalue weighted by Gasteiger charge is -2.32. The molecular formula is C24H31N3O. The summed E-state index contributed by atoms with van der Waals surface area (Å²) in [5.74, 6) is 0.894. The molecule has 0 radical (unpaired) electrons. The average Bonchev–Trinajstić information content (AvgIpc) is 2.73. The summed E-state index contributed by atoms with van der Waals surface area (Å²) in [4.78, 5) is 2.57. The van der Waals surface area contributed by atoms with E-state index >= 15 is 0 Å². The Morgan fingerprint density at radius 3 is 2.75 bits per heavy atom. The minimum atomic E-state index is 0.545. The molecule has 28 heavy (non-hydrogen) atoms. The lowest BCUT2D eigenvalue weighted by molar-refractivity contribution is 0.190. The van der Waals surface area contributed by atoms with E-state index in [1.807, 2.05) is 12.1 Å². The van der Waals surface area contributed by atoms with Crippen molar-refractivity contribution >= 4 is 0 Å². The number of hydrogen-bond acceptors (Lipinski definition) is 4. The largest absolute Gasteiger partial charge is 0.494 e. The number of unbranched alkanes of at least 4 members (excludes halogenated alkanes) is 1. The van der Waals surface area contributed by atoms with E-state index in [1.165, 1.54) is 29.5 Å². The fourth-order valence-corrected chi connectivity index (χ4v) is 3.67. The first-order valence-electron chi connectivity index (χ1n) is 10.3. The fourth-order valence-electron chi connectivity index (χ4n) is 3.67. The van der Waals surface area contributed by atoms with Crippen molar-refractivity contribution < 1.29 is 4.74 Å². The smallest absolute Gasteiger partial charge is 0.119 e. The summed E-state index contributed by atoms with van der Waals surface area (Å²) >= 11 is 0. The molecule has 1 heterocycles. The summed E-state index contributed by atoms with van der Waals surface area (Å²) in [5.41, 5.74) is 4.08. The highest BCUT2D eigenvalue weighted by Gasteiger charge is 2.19. The zero-order valence-electron chi connectivity index (χ0n) is 16.9. The predicted octanol–water partition coefficient (Wildman–Crippen LogP) is 4.43. The second-order valence-electron chi connectivity index (χ2n) is 7.62. The van der Waals surface area contributed by atoms with Crippen LogP contribution in [0.4, 0.5) is 0 Å². The summed E-state index contributed by atoms with van der Waals surface area (Å²) in [6.45, 7) is 7.03. The highest BCUT2D eigenvalue weighted by Crippen LogP contribution is 2.18. The molecule has 4 heteroatoms. The average molecular weight is 378 g/mol. The second-order valence-corrected chi connectivity index (χ2v) is 7.62. The third kappa shape index (κ3) is 6.37. The van der Waals surface area contributed by atoms with Gasteiger partial charge in [0.15, 0.2) is 0 Å². The van der Waals surface area contributed by atoms with Gasteiger partial charge in [0.1, 0.15) is 5.75 Å². The number of rotatable bonds is 9. The van der Waals surface area contributed by atoms with Crippen molar-refractivity contribution in [3.05, 3.63) is 65.2 Å². The number of ether oxygens (including phenoxy) is 1. The molecule has 0 atom stereocenters. The number of aryl methyl sites for hydroxylation is 1. The van der Waals surface area contributed by atoms with Gasteiger partial charge in [-0.3, -0.25) is 4.90 Å². The van der Waals surface area contributed by atoms with Crippen LogP contribution in [-0.2, 0) is 13.1 Å². The van der Waals surface area contributed by atoms with Gasteiger partial charge in [0.25, 0.3) is 0 Å². The van der Waals surface area contributed by atoms with Gasteiger partial charge >= 0.3 is 0 Å². The number of hydrogen-bond donors (Lipinski definition) is 1. The molecule has 148 valence electrons. The molecule has 4 nitrogen and oxygen atoms in total. The fraction of sp³-hybridized carbons (Fsp3) is 0.458. The molecule has 2 aromatic carbocycles. The zero-order chi connectivity index (χ0) is 19.6. The van der Waals surface area contributed by atoms with Gasteiger partial charge in [-0.25, -0.2) is 0 Å². The van der Waals surface area contributed by atoms with Gasteiger partial charge in [-0.15, -0.1) is 0 Å². The van der Waals surface area contributed by atoms with E-state index in [4.69, 9.17) is 10.00 Å². The summed E-state index contributed by atoms with van der Waals surface area (Å²) < 4.78 is 5.74. The van der Waals surface area contributed by atoms with Gasteiger partial charge in [0.2, 0.25) is 0 Å². The minimum Gasteiger partial charge on any atom is -0.494 e. The molecule has 1 fully saturated rings. The molecule has 1 aliphatic rings. The van der Waals surface area contributed by atoms with E-state index in [0.717, 1.165) is 38.3 Å². The third-order valence-electron chi connectivity index (χ3n) is 5.44. The lowest BCUT2D eigenvalue weighted by Crippen LogP contribution is -2.41. The number of piperidine rings is 1. The third-order valence-corrected chi connectivity index (χ3v) is 5.44. The van der Waals surface area contributed by atoms with Crippen LogP contribution in [0.25, 0.3) is 0 Å². The summed E-state index contributed by atoms with van der Waals surface area (Å²) in [6.07, 6.45) is 3.70. The topological polar surface area (TPSA) is 48.3 Å². The van der Waals surface area contributed by atoms with Crippen molar-refractivity contribution in [2.75, 3.05) is 19.7 Å². The first kappa shape index (κ1) is 20.4. The first-order valence-corrected chi connectivity index (χ1v) is 10.3. The SMILES string of the molecule is Cc1ccccc1CN1CCC(NCc2cccc(OCCCC#N)c2)CC1. The molecule has 0 saturated carbocycles. The zero-order valence-corrected chi connectivity index (χ0v) is 16.9. The van der Waals surface area contributed by atoms with Crippen molar-refractivity contribution in [2.45, 2.75) is 51.7 Å². The Kier molecular flexibility index (Phi) is 7.90. The maximum Gasteiger partial charge on any atom is 0.119 e. The second kappa shape index (κ2) is 10.8. The van der Waals surface area contributed by atoms with Crippen LogP contribution in [0.1, 0.15) is 42.4 Å². The number of nitrogens with zero attached hydrogens (tertiary/aromatic N) is 2. The summed E-state index contributed by atoms with van der Waals surface area (Å²) in [5, 5.41) is 12.3. The molecule has 0 amide bonds. The van der Waals surface area contributed by atoms with Crippen LogP contribution in [-0.4, -0.2) is 30.6 Å². The predicted molar refractivity (Wildman–Crippen MR) is 113 cm³/mol. The molecule has 3 rings (SSSR count). The number of nitrogens with one attached hydrogen (secondary N) is 1. The Hall–Kier alpha value is -2.35. The maximum atomic E-state index is 8.59. The highest BCUT2D eigenvalue weighted by molar-refractivity contribution is 5.28. The van der Waals surface area contributed by atoms with Gasteiger partial charge in [0.05, 0.1) is 12.7 Å². The van der Waals surface area contributed by atoms with E-state index in [2.05, 4.69) is 59.6 Å². The number of nitriles is 1. The van der Waals surface area contributed by atoms with Crippen LogP contribution < -0.4 is 10.1 Å². The van der Waals surface area contributed by atoms with Crippen LogP contribution in [0.2, 0.25) is 0 Å². The van der Waals surface area contributed by atoms with Crippen LogP contribution in [0.15, 0.2) is 48.5 Å². The quantitative estimate of drug-likeness (QED) is 0.657. The van der Waals surface area contributed by atoms with E-state index in [-0.39, 0.29) is 0 Å². The molecular weight excluding hydrogens is 346 g/mol. The first-order chi connectivity index (χ1) is 13.7. The Morgan fingerprint density at radius 2 is 1.96 bits per heavy atom. The molecule has 0 aliphatic carbocycles. The van der Waals surface area contributed by atoms with Crippen molar-refractivity contribution in [1.29, 1.82) is 5.26 Å². The normalized spacial score (nSPS) is 15.3. The molecule has 0 aromatic heterocycles. The Bertz CT molecular complexity index is 775. The number of likely N-dealkylation sites (tertiary alicyclic amines) is 1. The Balaban J connectivity index is 1.39. The number of benzene rings is 2. The van der Waals surface area contributed by atoms with E-state index in [1.54, 1.807) is 0 Å². The molecule has 0 bridgehead atoms. The van der Waals surface area contributed by atoms with Crippen molar-refractivity contribution in [3.63, 3.8) is 0 Å². The minimum absolute atomic E-state index is 0.545. The Morgan fingerprint density at radius 1 is 1.14 bits per heavy atom. The van der Waals surface area contributed by atoms with Gasteiger partial charge in [-0.05, 0) is 68.1 Å². The molecule has 1 aliphatic heterocycles. The maximum absolute atomic E-state index is 8.59. The molecule has 0 spiro atoms.